The van der Waals surface area contributed by atoms with Crippen LogP contribution >= 0.6 is 38.9 Å². The number of carbonyl (C=O) groups excluding carboxylic acids is 1. The number of nitro benzene ring substituents is 1. The fourth-order valence-corrected chi connectivity index (χ4v) is 3.30. The summed E-state index contributed by atoms with van der Waals surface area (Å²) in [6, 6.07) is 7.73. The number of hydrogen-bond donors (Lipinski definition) is 0. The molecule has 0 aliphatic carbocycles. The van der Waals surface area contributed by atoms with Crippen molar-refractivity contribution in [3.05, 3.63) is 59.7 Å². The molecule has 0 aliphatic heterocycles. The zero-order chi connectivity index (χ0) is 15.6. The van der Waals surface area contributed by atoms with E-state index in [-0.39, 0.29) is 17.2 Å². The standard InChI is InChI=1S/C13H10BrClN2O3S/c1-16(7-9-3-5-12(15)21-9)13(18)10-6-8(17(19)20)2-4-11(10)14/h2-6H,7H2,1H3. The minimum atomic E-state index is -0.526. The highest BCUT2D eigenvalue weighted by atomic mass is 79.9. The lowest BCUT2D eigenvalue weighted by molar-refractivity contribution is -0.384. The number of amides is 1. The predicted octanol–water partition coefficient (Wildman–Crippen LogP) is 4.34. The summed E-state index contributed by atoms with van der Waals surface area (Å²) in [5, 5.41) is 10.8. The largest absolute Gasteiger partial charge is 0.337 e. The maximum atomic E-state index is 12.4. The fourth-order valence-electron chi connectivity index (χ4n) is 1.74. The third kappa shape index (κ3) is 3.81. The molecular weight excluding hydrogens is 380 g/mol. The van der Waals surface area contributed by atoms with Crippen LogP contribution in [0.2, 0.25) is 4.34 Å². The Kier molecular flexibility index (Phi) is 4.97. The van der Waals surface area contributed by atoms with Crippen LogP contribution in [0.5, 0.6) is 0 Å². The molecule has 8 heteroatoms. The predicted molar refractivity (Wildman–Crippen MR) is 85.9 cm³/mol. The molecule has 0 N–H and O–H groups in total. The number of halogens is 2. The average molecular weight is 390 g/mol. The smallest absolute Gasteiger partial charge is 0.270 e. The molecule has 1 aromatic carbocycles. The van der Waals surface area contributed by atoms with Gasteiger partial charge in [-0.1, -0.05) is 11.6 Å². The van der Waals surface area contributed by atoms with Crippen molar-refractivity contribution in [1.82, 2.24) is 4.90 Å². The lowest BCUT2D eigenvalue weighted by atomic mass is 10.2. The van der Waals surface area contributed by atoms with E-state index in [0.717, 1.165) is 4.88 Å². The highest BCUT2D eigenvalue weighted by Gasteiger charge is 2.19. The van der Waals surface area contributed by atoms with Crippen LogP contribution in [0.1, 0.15) is 15.2 Å². The molecule has 0 aliphatic rings. The van der Waals surface area contributed by atoms with Gasteiger partial charge in [-0.05, 0) is 34.1 Å². The molecule has 110 valence electrons. The molecule has 2 aromatic rings. The second-order valence-electron chi connectivity index (χ2n) is 4.29. The van der Waals surface area contributed by atoms with Gasteiger partial charge >= 0.3 is 0 Å². The number of thiophene rings is 1. The van der Waals surface area contributed by atoms with Crippen molar-refractivity contribution in [1.29, 1.82) is 0 Å². The van der Waals surface area contributed by atoms with Crippen molar-refractivity contribution in [2.24, 2.45) is 0 Å². The van der Waals surface area contributed by atoms with Gasteiger partial charge in [0.2, 0.25) is 0 Å². The maximum absolute atomic E-state index is 12.4. The number of non-ortho nitro benzene ring substituents is 1. The molecule has 0 atom stereocenters. The Labute approximate surface area is 138 Å². The first-order chi connectivity index (χ1) is 9.88. The number of hydrogen-bond acceptors (Lipinski definition) is 4. The van der Waals surface area contributed by atoms with E-state index >= 15 is 0 Å². The van der Waals surface area contributed by atoms with Gasteiger partial charge in [-0.25, -0.2) is 0 Å². The Balaban J connectivity index is 2.22. The molecular formula is C13H10BrClN2O3S. The van der Waals surface area contributed by atoms with Gasteiger partial charge in [-0.2, -0.15) is 0 Å². The van der Waals surface area contributed by atoms with E-state index in [1.54, 1.807) is 13.1 Å². The first-order valence-corrected chi connectivity index (χ1v) is 7.81. The summed E-state index contributed by atoms with van der Waals surface area (Å²) in [4.78, 5) is 25.1. The molecule has 1 amide bonds. The van der Waals surface area contributed by atoms with Gasteiger partial charge in [0.1, 0.15) is 0 Å². The van der Waals surface area contributed by atoms with E-state index < -0.39 is 4.92 Å². The number of rotatable bonds is 4. The van der Waals surface area contributed by atoms with Crippen LogP contribution in [-0.4, -0.2) is 22.8 Å². The van der Waals surface area contributed by atoms with Gasteiger partial charge in [0.05, 0.1) is 21.4 Å². The second-order valence-corrected chi connectivity index (χ2v) is 6.94. The van der Waals surface area contributed by atoms with Crippen LogP contribution in [0.4, 0.5) is 5.69 Å². The van der Waals surface area contributed by atoms with Gasteiger partial charge in [-0.3, -0.25) is 14.9 Å². The van der Waals surface area contributed by atoms with Gasteiger partial charge in [0, 0.05) is 28.5 Å². The van der Waals surface area contributed by atoms with Crippen molar-refractivity contribution in [3.63, 3.8) is 0 Å². The number of benzene rings is 1. The molecule has 2 rings (SSSR count). The summed E-state index contributed by atoms with van der Waals surface area (Å²) in [6.07, 6.45) is 0. The van der Waals surface area contributed by atoms with Crippen molar-refractivity contribution in [2.75, 3.05) is 7.05 Å². The van der Waals surface area contributed by atoms with Crippen LogP contribution in [0, 0.1) is 10.1 Å². The molecule has 0 saturated carbocycles. The van der Waals surface area contributed by atoms with E-state index in [9.17, 15) is 14.9 Å². The summed E-state index contributed by atoms with van der Waals surface area (Å²) < 4.78 is 1.18. The van der Waals surface area contributed by atoms with Crippen LogP contribution in [-0.2, 0) is 6.54 Å². The quantitative estimate of drug-likeness (QED) is 0.577. The molecule has 0 spiro atoms. The first-order valence-electron chi connectivity index (χ1n) is 5.82. The van der Waals surface area contributed by atoms with E-state index in [1.165, 1.54) is 34.4 Å². The second kappa shape index (κ2) is 6.55. The number of nitrogens with zero attached hydrogens (tertiary/aromatic N) is 2. The first kappa shape index (κ1) is 15.9. The monoisotopic (exact) mass is 388 g/mol. The molecule has 1 heterocycles. The fraction of sp³-hybridized carbons (Fsp3) is 0.154. The number of carbonyl (C=O) groups is 1. The summed E-state index contributed by atoms with van der Waals surface area (Å²) in [5.41, 5.74) is 0.142. The van der Waals surface area contributed by atoms with E-state index in [4.69, 9.17) is 11.6 Å². The normalized spacial score (nSPS) is 10.4. The Morgan fingerprint density at radius 3 is 2.71 bits per heavy atom. The third-order valence-corrected chi connectivity index (χ3v) is 4.67. The molecule has 1 aromatic heterocycles. The molecule has 0 unspecified atom stereocenters. The van der Waals surface area contributed by atoms with Crippen molar-refractivity contribution in [2.45, 2.75) is 6.54 Å². The van der Waals surface area contributed by atoms with Gasteiger partial charge in [0.25, 0.3) is 11.6 Å². The minimum Gasteiger partial charge on any atom is -0.337 e. The molecule has 0 saturated heterocycles. The Morgan fingerprint density at radius 1 is 1.43 bits per heavy atom. The van der Waals surface area contributed by atoms with Crippen LogP contribution < -0.4 is 0 Å². The third-order valence-electron chi connectivity index (χ3n) is 2.76. The lowest BCUT2D eigenvalue weighted by Gasteiger charge is -2.17. The average Bonchev–Trinajstić information content (AvgIpc) is 2.83. The lowest BCUT2D eigenvalue weighted by Crippen LogP contribution is -2.26. The summed E-state index contributed by atoms with van der Waals surface area (Å²) >= 11 is 10.5. The highest BCUT2D eigenvalue weighted by molar-refractivity contribution is 9.10. The zero-order valence-electron chi connectivity index (χ0n) is 10.9. The van der Waals surface area contributed by atoms with E-state index in [1.807, 2.05) is 6.07 Å². The summed E-state index contributed by atoms with van der Waals surface area (Å²) in [6.45, 7) is 0.394. The highest BCUT2D eigenvalue weighted by Crippen LogP contribution is 2.26. The molecule has 0 bridgehead atoms. The van der Waals surface area contributed by atoms with Crippen molar-refractivity contribution < 1.29 is 9.72 Å². The zero-order valence-corrected chi connectivity index (χ0v) is 14.0. The van der Waals surface area contributed by atoms with Crippen LogP contribution in [0.25, 0.3) is 0 Å². The van der Waals surface area contributed by atoms with Crippen molar-refractivity contribution >= 4 is 50.5 Å². The number of nitro groups is 1. The van der Waals surface area contributed by atoms with E-state index in [2.05, 4.69) is 15.9 Å². The molecule has 5 nitrogen and oxygen atoms in total. The molecule has 0 fully saturated rings. The van der Waals surface area contributed by atoms with Crippen LogP contribution in [0.3, 0.4) is 0 Å². The summed E-state index contributed by atoms with van der Waals surface area (Å²) in [5.74, 6) is -0.296. The van der Waals surface area contributed by atoms with Gasteiger partial charge in [-0.15, -0.1) is 11.3 Å². The van der Waals surface area contributed by atoms with Crippen molar-refractivity contribution in [3.8, 4) is 0 Å². The van der Waals surface area contributed by atoms with Crippen LogP contribution in [0.15, 0.2) is 34.8 Å². The topological polar surface area (TPSA) is 63.5 Å². The Hall–Kier alpha value is -1.44. The molecule has 21 heavy (non-hydrogen) atoms. The minimum absolute atomic E-state index is 0.117. The van der Waals surface area contributed by atoms with E-state index in [0.29, 0.717) is 15.4 Å². The Morgan fingerprint density at radius 2 is 2.14 bits per heavy atom. The van der Waals surface area contributed by atoms with Gasteiger partial charge in [0.15, 0.2) is 0 Å². The Bertz CT molecular complexity index is 704. The summed E-state index contributed by atoms with van der Waals surface area (Å²) in [7, 11) is 1.64. The maximum Gasteiger partial charge on any atom is 0.270 e. The van der Waals surface area contributed by atoms with Gasteiger partial charge < -0.3 is 4.90 Å². The SMILES string of the molecule is CN(Cc1ccc(Cl)s1)C(=O)c1cc([N+](=O)[O-])ccc1Br. The molecule has 0 radical (unpaired) electrons.